The Kier molecular flexibility index (Phi) is 2.83. The second-order valence-electron chi connectivity index (χ2n) is 5.99. The van der Waals surface area contributed by atoms with E-state index in [-0.39, 0.29) is 0 Å². The third kappa shape index (κ3) is 2.21. The Bertz CT molecular complexity index is 245. The minimum atomic E-state index is 0.552. The van der Waals surface area contributed by atoms with Gasteiger partial charge < -0.3 is 4.74 Å². The van der Waals surface area contributed by atoms with Gasteiger partial charge in [0.15, 0.2) is 0 Å². The smallest absolute Gasteiger partial charge is 0.0979 e. The molecule has 0 N–H and O–H groups in total. The highest BCUT2D eigenvalue weighted by Crippen LogP contribution is 2.53. The van der Waals surface area contributed by atoms with Crippen molar-refractivity contribution in [3.8, 4) is 0 Å². The monoisotopic (exact) mass is 208 g/mol. The molecule has 1 saturated carbocycles. The summed E-state index contributed by atoms with van der Waals surface area (Å²) in [5, 5.41) is 0. The quantitative estimate of drug-likeness (QED) is 0.662. The number of rotatable bonds is 2. The van der Waals surface area contributed by atoms with E-state index in [0.29, 0.717) is 17.3 Å². The van der Waals surface area contributed by atoms with E-state index in [1.165, 1.54) is 31.4 Å². The van der Waals surface area contributed by atoms with Gasteiger partial charge in [-0.15, -0.1) is 0 Å². The Balaban J connectivity index is 2.17. The number of allylic oxidation sites excluding steroid dienone is 2. The van der Waals surface area contributed by atoms with Crippen molar-refractivity contribution in [2.75, 3.05) is 6.61 Å². The van der Waals surface area contributed by atoms with Gasteiger partial charge in [-0.1, -0.05) is 27.7 Å². The lowest BCUT2D eigenvalue weighted by Gasteiger charge is -2.19. The first-order valence-corrected chi connectivity index (χ1v) is 6.40. The average molecular weight is 208 g/mol. The molecule has 1 heterocycles. The van der Waals surface area contributed by atoms with Crippen molar-refractivity contribution < 1.29 is 4.74 Å². The average Bonchev–Trinajstić information content (AvgIpc) is 2.93. The van der Waals surface area contributed by atoms with Crippen LogP contribution in [0.1, 0.15) is 53.4 Å². The van der Waals surface area contributed by atoms with E-state index in [2.05, 4.69) is 27.7 Å². The molecule has 0 saturated heterocycles. The maximum atomic E-state index is 6.10. The number of ether oxygens (including phenoxy) is 1. The minimum Gasteiger partial charge on any atom is -0.497 e. The molecule has 0 amide bonds. The third-order valence-corrected chi connectivity index (χ3v) is 3.95. The van der Waals surface area contributed by atoms with Gasteiger partial charge in [0, 0.05) is 11.3 Å². The van der Waals surface area contributed by atoms with Crippen molar-refractivity contribution in [3.63, 3.8) is 0 Å². The molecule has 1 aliphatic carbocycles. The summed E-state index contributed by atoms with van der Waals surface area (Å²) >= 11 is 0. The van der Waals surface area contributed by atoms with Crippen molar-refractivity contribution in [2.24, 2.45) is 17.3 Å². The molecule has 0 aromatic heterocycles. The first-order valence-electron chi connectivity index (χ1n) is 6.40. The van der Waals surface area contributed by atoms with E-state index in [1.54, 1.807) is 5.57 Å². The molecule has 1 heteroatoms. The fourth-order valence-electron chi connectivity index (χ4n) is 2.60. The Morgan fingerprint density at radius 3 is 2.13 bits per heavy atom. The van der Waals surface area contributed by atoms with Gasteiger partial charge in [0.1, 0.15) is 0 Å². The third-order valence-electron chi connectivity index (χ3n) is 3.95. The van der Waals surface area contributed by atoms with E-state index in [9.17, 15) is 0 Å². The molecule has 1 aliphatic heterocycles. The van der Waals surface area contributed by atoms with Gasteiger partial charge in [-0.25, -0.2) is 0 Å². The molecule has 1 nitrogen and oxygen atoms in total. The lowest BCUT2D eigenvalue weighted by Crippen LogP contribution is -2.09. The molecule has 0 atom stereocenters. The van der Waals surface area contributed by atoms with Gasteiger partial charge in [-0.2, -0.15) is 0 Å². The van der Waals surface area contributed by atoms with E-state index < -0.39 is 0 Å². The molecule has 2 aliphatic rings. The molecule has 0 aromatic carbocycles. The molecule has 0 bridgehead atoms. The zero-order chi connectivity index (χ0) is 11.1. The SMILES string of the molecule is CC(C)C1=C(C(C)C)OCC2(CC1)CC2. The summed E-state index contributed by atoms with van der Waals surface area (Å²) in [4.78, 5) is 0. The molecule has 86 valence electrons. The molecule has 0 radical (unpaired) electrons. The van der Waals surface area contributed by atoms with Crippen LogP contribution in [0.15, 0.2) is 11.3 Å². The van der Waals surface area contributed by atoms with Crippen LogP contribution in [-0.4, -0.2) is 6.61 Å². The van der Waals surface area contributed by atoms with Crippen molar-refractivity contribution >= 4 is 0 Å². The molecular weight excluding hydrogens is 184 g/mol. The first-order chi connectivity index (χ1) is 7.04. The van der Waals surface area contributed by atoms with Crippen LogP contribution < -0.4 is 0 Å². The van der Waals surface area contributed by atoms with Crippen LogP contribution in [0.2, 0.25) is 0 Å². The summed E-state index contributed by atoms with van der Waals surface area (Å²) in [5.41, 5.74) is 2.16. The topological polar surface area (TPSA) is 9.23 Å². The van der Waals surface area contributed by atoms with Gasteiger partial charge in [0.2, 0.25) is 0 Å². The van der Waals surface area contributed by atoms with Crippen LogP contribution in [0.4, 0.5) is 0 Å². The first kappa shape index (κ1) is 11.0. The van der Waals surface area contributed by atoms with Crippen LogP contribution in [0.25, 0.3) is 0 Å². The predicted molar refractivity (Wildman–Crippen MR) is 63.6 cm³/mol. The second kappa shape index (κ2) is 3.84. The van der Waals surface area contributed by atoms with Crippen molar-refractivity contribution in [1.82, 2.24) is 0 Å². The fourth-order valence-corrected chi connectivity index (χ4v) is 2.60. The van der Waals surface area contributed by atoms with Crippen molar-refractivity contribution in [1.29, 1.82) is 0 Å². The summed E-state index contributed by atoms with van der Waals surface area (Å²) in [5.74, 6) is 2.50. The lowest BCUT2D eigenvalue weighted by atomic mass is 9.90. The largest absolute Gasteiger partial charge is 0.497 e. The predicted octanol–water partition coefficient (Wildman–Crippen LogP) is 4.14. The summed E-state index contributed by atoms with van der Waals surface area (Å²) in [7, 11) is 0. The Morgan fingerprint density at radius 2 is 1.67 bits per heavy atom. The number of hydrogen-bond donors (Lipinski definition) is 0. The van der Waals surface area contributed by atoms with Gasteiger partial charge in [0.25, 0.3) is 0 Å². The van der Waals surface area contributed by atoms with E-state index in [0.717, 1.165) is 6.61 Å². The summed E-state index contributed by atoms with van der Waals surface area (Å²) in [6.45, 7) is 10.1. The van der Waals surface area contributed by atoms with E-state index in [4.69, 9.17) is 4.74 Å². The summed E-state index contributed by atoms with van der Waals surface area (Å²) in [6, 6.07) is 0. The molecule has 15 heavy (non-hydrogen) atoms. The normalized spacial score (nSPS) is 24.7. The maximum Gasteiger partial charge on any atom is 0.0979 e. The Hall–Kier alpha value is -0.460. The Labute approximate surface area is 93.9 Å². The van der Waals surface area contributed by atoms with Crippen LogP contribution in [-0.2, 0) is 4.74 Å². The second-order valence-corrected chi connectivity index (χ2v) is 5.99. The zero-order valence-electron chi connectivity index (χ0n) is 10.6. The molecular formula is C14H24O. The zero-order valence-corrected chi connectivity index (χ0v) is 10.6. The highest BCUT2D eigenvalue weighted by atomic mass is 16.5. The van der Waals surface area contributed by atoms with Crippen molar-refractivity contribution in [2.45, 2.75) is 53.4 Å². The highest BCUT2D eigenvalue weighted by molar-refractivity contribution is 5.16. The summed E-state index contributed by atoms with van der Waals surface area (Å²) in [6.07, 6.45) is 5.41. The molecule has 2 rings (SSSR count). The standard InChI is InChI=1S/C14H24O/c1-10(2)12-5-6-14(7-8-14)9-15-13(12)11(3)4/h10-11H,5-9H2,1-4H3. The van der Waals surface area contributed by atoms with Crippen LogP contribution in [0.5, 0.6) is 0 Å². The van der Waals surface area contributed by atoms with Crippen LogP contribution >= 0.6 is 0 Å². The maximum absolute atomic E-state index is 6.10. The minimum absolute atomic E-state index is 0.552. The van der Waals surface area contributed by atoms with Gasteiger partial charge >= 0.3 is 0 Å². The van der Waals surface area contributed by atoms with E-state index >= 15 is 0 Å². The number of hydrogen-bond acceptors (Lipinski definition) is 1. The van der Waals surface area contributed by atoms with Gasteiger partial charge in [0.05, 0.1) is 12.4 Å². The summed E-state index contributed by atoms with van der Waals surface area (Å²) < 4.78 is 6.10. The highest BCUT2D eigenvalue weighted by Gasteiger charge is 2.44. The van der Waals surface area contributed by atoms with Crippen LogP contribution in [0.3, 0.4) is 0 Å². The Morgan fingerprint density at radius 1 is 1.00 bits per heavy atom. The van der Waals surface area contributed by atoms with Crippen LogP contribution in [0, 0.1) is 17.3 Å². The molecule has 1 fully saturated rings. The van der Waals surface area contributed by atoms with E-state index in [1.807, 2.05) is 0 Å². The molecule has 0 unspecified atom stereocenters. The lowest BCUT2D eigenvalue weighted by molar-refractivity contribution is 0.137. The van der Waals surface area contributed by atoms with Gasteiger partial charge in [-0.05, 0) is 37.2 Å². The fraction of sp³-hybridized carbons (Fsp3) is 0.857. The molecule has 0 aromatic rings. The molecule has 1 spiro atoms. The van der Waals surface area contributed by atoms with Crippen molar-refractivity contribution in [3.05, 3.63) is 11.3 Å². The van der Waals surface area contributed by atoms with Gasteiger partial charge in [-0.3, -0.25) is 0 Å².